The van der Waals surface area contributed by atoms with Crippen molar-refractivity contribution in [1.29, 1.82) is 0 Å². The van der Waals surface area contributed by atoms with Crippen LogP contribution in [0.3, 0.4) is 0 Å². The zero-order valence-electron chi connectivity index (χ0n) is 19.8. The number of hydrogen-bond acceptors (Lipinski definition) is 5. The van der Waals surface area contributed by atoms with Crippen LogP contribution in [0.1, 0.15) is 72.1 Å². The molecule has 34 heavy (non-hydrogen) atoms. The minimum absolute atomic E-state index is 0.0313. The first kappa shape index (κ1) is 21.5. The Kier molecular flexibility index (Phi) is 5.65. The van der Waals surface area contributed by atoms with E-state index in [1.54, 1.807) is 6.20 Å². The van der Waals surface area contributed by atoms with Crippen LogP contribution in [0.2, 0.25) is 0 Å². The molecule has 1 aromatic carbocycles. The summed E-state index contributed by atoms with van der Waals surface area (Å²) in [4.78, 5) is 25.4. The van der Waals surface area contributed by atoms with E-state index < -0.39 is 0 Å². The molecule has 2 aromatic heterocycles. The smallest absolute Gasteiger partial charge is 0.254 e. The van der Waals surface area contributed by atoms with Crippen molar-refractivity contribution in [2.24, 2.45) is 0 Å². The molecule has 3 aromatic rings. The van der Waals surface area contributed by atoms with Crippen molar-refractivity contribution in [3.05, 3.63) is 59.0 Å². The van der Waals surface area contributed by atoms with Crippen LogP contribution in [0.4, 0.5) is 0 Å². The molecule has 1 atom stereocenters. The maximum atomic E-state index is 13.2. The number of hydrogen-bond donors (Lipinski definition) is 1. The lowest BCUT2D eigenvalue weighted by Crippen LogP contribution is -2.40. The fourth-order valence-corrected chi connectivity index (χ4v) is 5.64. The third kappa shape index (κ3) is 3.92. The zero-order valence-corrected chi connectivity index (χ0v) is 19.8. The van der Waals surface area contributed by atoms with Crippen LogP contribution in [0.5, 0.6) is 0 Å². The van der Waals surface area contributed by atoms with E-state index >= 15 is 0 Å². The van der Waals surface area contributed by atoms with Crippen molar-refractivity contribution < 1.29 is 4.79 Å². The number of aryl methyl sites for hydroxylation is 2. The summed E-state index contributed by atoms with van der Waals surface area (Å²) in [5, 5.41) is 7.82. The fraction of sp³-hybridized carbons (Fsp3) is 0.481. The van der Waals surface area contributed by atoms with Crippen LogP contribution in [-0.4, -0.2) is 56.2 Å². The lowest BCUT2D eigenvalue weighted by atomic mass is 10.0. The lowest BCUT2D eigenvalue weighted by molar-refractivity contribution is 0.0940. The minimum Gasteiger partial charge on any atom is -0.350 e. The molecule has 1 unspecified atom stereocenters. The van der Waals surface area contributed by atoms with E-state index in [0.29, 0.717) is 30.0 Å². The third-order valence-corrected chi connectivity index (χ3v) is 7.62. The standard InChI is InChI=1S/C27H32N6O/c1-2-32-14-6-10-21(32)16-28-26(34)23-17-30-33(25(23)19-12-13-19)27-29-15-20-9-5-8-18-7-3-4-11-22(18)24(20)31-27/h3-4,7,11,15,17,19,21H,2,5-6,8-10,12-14,16H2,1H3,(H,28,34). The molecule has 1 amide bonds. The van der Waals surface area contributed by atoms with Crippen LogP contribution in [-0.2, 0) is 12.8 Å². The summed E-state index contributed by atoms with van der Waals surface area (Å²) in [6, 6.07) is 8.96. The van der Waals surface area contributed by atoms with Crippen molar-refractivity contribution in [2.75, 3.05) is 19.6 Å². The molecule has 7 nitrogen and oxygen atoms in total. The second-order valence-corrected chi connectivity index (χ2v) is 9.82. The molecule has 7 heteroatoms. The number of likely N-dealkylation sites (N-methyl/N-ethyl adjacent to an activating group) is 1. The topological polar surface area (TPSA) is 75.9 Å². The number of likely N-dealkylation sites (tertiary alicyclic amines) is 1. The van der Waals surface area contributed by atoms with Gasteiger partial charge in [0.05, 0.1) is 23.1 Å². The monoisotopic (exact) mass is 456 g/mol. The molecule has 176 valence electrons. The number of amides is 1. The number of nitrogens with one attached hydrogen (secondary N) is 1. The molecule has 1 saturated heterocycles. The molecule has 1 aliphatic heterocycles. The first-order chi connectivity index (χ1) is 16.7. The maximum Gasteiger partial charge on any atom is 0.254 e. The van der Waals surface area contributed by atoms with Crippen LogP contribution in [0, 0.1) is 0 Å². The van der Waals surface area contributed by atoms with Crippen molar-refractivity contribution in [1.82, 2.24) is 30.0 Å². The van der Waals surface area contributed by atoms with Gasteiger partial charge in [-0.05, 0) is 69.2 Å². The van der Waals surface area contributed by atoms with Gasteiger partial charge >= 0.3 is 0 Å². The second kappa shape index (κ2) is 8.95. The van der Waals surface area contributed by atoms with Gasteiger partial charge in [0.25, 0.3) is 11.9 Å². The highest BCUT2D eigenvalue weighted by molar-refractivity contribution is 5.95. The highest BCUT2D eigenvalue weighted by Crippen LogP contribution is 2.42. The second-order valence-electron chi connectivity index (χ2n) is 9.82. The molecule has 3 heterocycles. The highest BCUT2D eigenvalue weighted by Gasteiger charge is 2.34. The van der Waals surface area contributed by atoms with E-state index in [0.717, 1.165) is 63.0 Å². The van der Waals surface area contributed by atoms with Gasteiger partial charge in [-0.1, -0.05) is 31.2 Å². The lowest BCUT2D eigenvalue weighted by Gasteiger charge is -2.22. The average Bonchev–Trinajstić information content (AvgIpc) is 3.49. The number of aromatic nitrogens is 4. The number of nitrogens with zero attached hydrogens (tertiary/aromatic N) is 5. The van der Waals surface area contributed by atoms with E-state index in [2.05, 4.69) is 46.5 Å². The Hall–Kier alpha value is -3.06. The molecule has 0 spiro atoms. The van der Waals surface area contributed by atoms with Gasteiger partial charge in [-0.2, -0.15) is 5.10 Å². The van der Waals surface area contributed by atoms with Crippen LogP contribution in [0.15, 0.2) is 36.7 Å². The summed E-state index contributed by atoms with van der Waals surface area (Å²) in [5.41, 5.74) is 6.34. The van der Waals surface area contributed by atoms with Gasteiger partial charge in [0.15, 0.2) is 0 Å². The van der Waals surface area contributed by atoms with Crippen molar-refractivity contribution in [3.8, 4) is 17.2 Å². The fourth-order valence-electron chi connectivity index (χ4n) is 5.64. The molecule has 3 aliphatic rings. The van der Waals surface area contributed by atoms with E-state index in [4.69, 9.17) is 9.97 Å². The third-order valence-electron chi connectivity index (χ3n) is 7.62. The summed E-state index contributed by atoms with van der Waals surface area (Å²) in [5.74, 6) is 0.872. The SMILES string of the molecule is CCN1CCCC1CNC(=O)c1cnn(-c2ncc3c(n2)-c2ccccc2CCC3)c1C1CC1. The summed E-state index contributed by atoms with van der Waals surface area (Å²) in [7, 11) is 0. The molecular formula is C27H32N6O. The Morgan fingerprint density at radius 2 is 1.94 bits per heavy atom. The highest BCUT2D eigenvalue weighted by atomic mass is 16.1. The molecular weight excluding hydrogens is 424 g/mol. The molecule has 1 saturated carbocycles. The molecule has 0 radical (unpaired) electrons. The summed E-state index contributed by atoms with van der Waals surface area (Å²) in [6.45, 7) is 5.04. The van der Waals surface area contributed by atoms with E-state index in [1.807, 2.05) is 10.9 Å². The molecule has 2 aliphatic carbocycles. The van der Waals surface area contributed by atoms with Crippen molar-refractivity contribution >= 4 is 5.91 Å². The molecule has 0 bridgehead atoms. The van der Waals surface area contributed by atoms with Crippen LogP contribution in [0.25, 0.3) is 17.2 Å². The Bertz CT molecular complexity index is 1210. The molecule has 1 N–H and O–H groups in total. The number of benzene rings is 1. The predicted octanol–water partition coefficient (Wildman–Crippen LogP) is 3.91. The van der Waals surface area contributed by atoms with Gasteiger partial charge in [0.1, 0.15) is 0 Å². The Morgan fingerprint density at radius 3 is 2.79 bits per heavy atom. The number of rotatable bonds is 6. The average molecular weight is 457 g/mol. The largest absolute Gasteiger partial charge is 0.350 e. The number of carbonyl (C=O) groups excluding carboxylic acids is 1. The summed E-state index contributed by atoms with van der Waals surface area (Å²) < 4.78 is 1.81. The quantitative estimate of drug-likeness (QED) is 0.609. The first-order valence-electron chi connectivity index (χ1n) is 12.8. The molecule has 2 fully saturated rings. The summed E-state index contributed by atoms with van der Waals surface area (Å²) >= 11 is 0. The van der Waals surface area contributed by atoms with Gasteiger partial charge < -0.3 is 5.32 Å². The van der Waals surface area contributed by atoms with Crippen LogP contribution < -0.4 is 5.32 Å². The number of fused-ring (bicyclic) bond motifs is 3. The predicted molar refractivity (Wildman–Crippen MR) is 131 cm³/mol. The van der Waals surface area contributed by atoms with Gasteiger partial charge in [0, 0.05) is 30.3 Å². The van der Waals surface area contributed by atoms with Gasteiger partial charge in [-0.15, -0.1) is 0 Å². The van der Waals surface area contributed by atoms with E-state index in [9.17, 15) is 4.79 Å². The number of carbonyl (C=O) groups is 1. The summed E-state index contributed by atoms with van der Waals surface area (Å²) in [6.07, 6.45) is 11.3. The van der Waals surface area contributed by atoms with Crippen molar-refractivity contribution in [2.45, 2.75) is 63.8 Å². The van der Waals surface area contributed by atoms with Crippen LogP contribution >= 0.6 is 0 Å². The van der Waals surface area contributed by atoms with E-state index in [-0.39, 0.29) is 5.91 Å². The zero-order chi connectivity index (χ0) is 23.1. The Labute approximate surface area is 200 Å². The normalized spacial score (nSPS) is 20.0. The van der Waals surface area contributed by atoms with Gasteiger partial charge in [-0.3, -0.25) is 9.69 Å². The minimum atomic E-state index is -0.0313. The van der Waals surface area contributed by atoms with Gasteiger partial charge in [0.2, 0.25) is 0 Å². The van der Waals surface area contributed by atoms with Gasteiger partial charge in [-0.25, -0.2) is 14.6 Å². The molecule has 6 rings (SSSR count). The maximum absolute atomic E-state index is 13.2. The Balaban J connectivity index is 1.31. The Morgan fingerprint density at radius 1 is 1.09 bits per heavy atom. The first-order valence-corrected chi connectivity index (χ1v) is 12.8. The van der Waals surface area contributed by atoms with E-state index in [1.165, 1.54) is 23.1 Å². The van der Waals surface area contributed by atoms with Crippen molar-refractivity contribution in [3.63, 3.8) is 0 Å².